The van der Waals surface area contributed by atoms with E-state index in [0.717, 1.165) is 5.70 Å². The van der Waals surface area contributed by atoms with Gasteiger partial charge in [0.05, 0.1) is 7.11 Å². The van der Waals surface area contributed by atoms with Crippen LogP contribution in [0.15, 0.2) is 29.0 Å². The van der Waals surface area contributed by atoms with Gasteiger partial charge in [-0.15, -0.1) is 0 Å². The largest absolute Gasteiger partial charge is 0.486 e. The summed E-state index contributed by atoms with van der Waals surface area (Å²) < 4.78 is 4.65. The van der Waals surface area contributed by atoms with Crippen LogP contribution >= 0.6 is 0 Å². The summed E-state index contributed by atoms with van der Waals surface area (Å²) >= 11 is 0. The van der Waals surface area contributed by atoms with Crippen LogP contribution in [-0.4, -0.2) is 20.6 Å². The maximum atomic E-state index is 4.65. The third kappa shape index (κ3) is 6.64. The lowest BCUT2D eigenvalue weighted by Crippen LogP contribution is -1.89. The Morgan fingerprint density at radius 2 is 2.27 bits per heavy atom. The van der Waals surface area contributed by atoms with Gasteiger partial charge in [0.2, 0.25) is 0 Å². The van der Waals surface area contributed by atoms with Crippen LogP contribution in [0.1, 0.15) is 6.92 Å². The molecule has 0 aliphatic carbocycles. The molecule has 0 saturated carbocycles. The zero-order chi connectivity index (χ0) is 8.53. The third-order valence-electron chi connectivity index (χ3n) is 0.962. The smallest absolute Gasteiger partial charge is 0.173 e. The van der Waals surface area contributed by atoms with Gasteiger partial charge >= 0.3 is 0 Å². The molecule has 0 amide bonds. The van der Waals surface area contributed by atoms with Crippen molar-refractivity contribution in [1.82, 2.24) is 5.32 Å². The Bertz CT molecular complexity index is 171. The fourth-order valence-electron chi connectivity index (χ4n) is 0.462. The van der Waals surface area contributed by atoms with Crippen LogP contribution in [0, 0.1) is 0 Å². The number of nitrogens with zero attached hydrogens (tertiary/aromatic N) is 1. The van der Waals surface area contributed by atoms with Gasteiger partial charge in [-0.2, -0.15) is 0 Å². The Morgan fingerprint density at radius 3 is 2.82 bits per heavy atom. The first-order chi connectivity index (χ1) is 5.31. The third-order valence-corrected chi connectivity index (χ3v) is 0.962. The Labute approximate surface area is 67.5 Å². The normalized spacial score (nSPS) is 12.8. The summed E-state index contributed by atoms with van der Waals surface area (Å²) in [4.78, 5) is 3.95. The maximum absolute atomic E-state index is 4.65. The molecular formula is C8H14N2O. The van der Waals surface area contributed by atoms with E-state index in [2.05, 4.69) is 15.0 Å². The van der Waals surface area contributed by atoms with Crippen molar-refractivity contribution in [3.05, 3.63) is 24.0 Å². The van der Waals surface area contributed by atoms with Crippen LogP contribution in [-0.2, 0) is 4.74 Å². The first-order valence-electron chi connectivity index (χ1n) is 3.37. The minimum atomic E-state index is 0.901. The summed E-state index contributed by atoms with van der Waals surface area (Å²) in [5.74, 6) is 0. The molecule has 0 aliphatic rings. The van der Waals surface area contributed by atoms with Gasteiger partial charge in [-0.3, -0.25) is 0 Å². The summed E-state index contributed by atoms with van der Waals surface area (Å²) in [5.41, 5.74) is 0.901. The first kappa shape index (κ1) is 9.75. The zero-order valence-electron chi connectivity index (χ0n) is 7.16. The molecule has 0 heterocycles. The predicted octanol–water partition coefficient (Wildman–Crippen LogP) is 1.30. The van der Waals surface area contributed by atoms with Crippen molar-refractivity contribution in [3.63, 3.8) is 0 Å². The van der Waals surface area contributed by atoms with Crippen molar-refractivity contribution in [3.8, 4) is 0 Å². The van der Waals surface area contributed by atoms with Crippen LogP contribution in [0.2, 0.25) is 0 Å². The average molecular weight is 154 g/mol. The second-order valence-corrected chi connectivity index (χ2v) is 1.93. The number of allylic oxidation sites excluding steroid dienone is 3. The Hall–Kier alpha value is -1.25. The van der Waals surface area contributed by atoms with Gasteiger partial charge in [0, 0.05) is 12.7 Å². The summed E-state index contributed by atoms with van der Waals surface area (Å²) in [6.45, 7) is 1.90. The Balaban J connectivity index is 3.80. The first-order valence-corrected chi connectivity index (χ1v) is 3.37. The molecule has 0 atom stereocenters. The van der Waals surface area contributed by atoms with Crippen molar-refractivity contribution in [2.45, 2.75) is 6.92 Å². The lowest BCUT2D eigenvalue weighted by atomic mass is 10.4. The standard InChI is InChI=1S/C8H14N2O/c1-8(10-7-11-3)5-4-6-9-2/h4-7,9H,1-3H3/b6-4+,8-5-,10-7?. The molecule has 0 saturated heterocycles. The number of methoxy groups -OCH3 is 1. The van der Waals surface area contributed by atoms with Gasteiger partial charge in [0.1, 0.15) is 0 Å². The van der Waals surface area contributed by atoms with Crippen LogP contribution in [0.25, 0.3) is 0 Å². The lowest BCUT2D eigenvalue weighted by molar-refractivity contribution is 0.422. The minimum absolute atomic E-state index is 0.901. The van der Waals surface area contributed by atoms with Gasteiger partial charge in [-0.05, 0) is 25.3 Å². The Kier molecular flexibility index (Phi) is 6.08. The number of aliphatic imine (C=N–C) groups is 1. The maximum Gasteiger partial charge on any atom is 0.173 e. The molecule has 3 nitrogen and oxygen atoms in total. The molecule has 0 aromatic carbocycles. The van der Waals surface area contributed by atoms with E-state index in [4.69, 9.17) is 0 Å². The van der Waals surface area contributed by atoms with Crippen molar-refractivity contribution >= 4 is 6.40 Å². The molecule has 0 unspecified atom stereocenters. The topological polar surface area (TPSA) is 33.6 Å². The number of ether oxygens (including phenoxy) is 1. The fourth-order valence-corrected chi connectivity index (χ4v) is 0.462. The second-order valence-electron chi connectivity index (χ2n) is 1.93. The molecule has 11 heavy (non-hydrogen) atoms. The summed E-state index contributed by atoms with van der Waals surface area (Å²) in [7, 11) is 3.41. The highest BCUT2D eigenvalue weighted by Crippen LogP contribution is 1.92. The van der Waals surface area contributed by atoms with Crippen molar-refractivity contribution < 1.29 is 4.74 Å². The second kappa shape index (κ2) is 6.86. The summed E-state index contributed by atoms with van der Waals surface area (Å²) in [6.07, 6.45) is 6.99. The van der Waals surface area contributed by atoms with E-state index < -0.39 is 0 Å². The SMILES string of the molecule is CN/C=C/C=C(/C)N=COC. The minimum Gasteiger partial charge on any atom is -0.486 e. The number of hydrogen-bond acceptors (Lipinski definition) is 3. The van der Waals surface area contributed by atoms with E-state index in [9.17, 15) is 0 Å². The van der Waals surface area contributed by atoms with Crippen molar-refractivity contribution in [2.75, 3.05) is 14.2 Å². The van der Waals surface area contributed by atoms with Gasteiger partial charge in [-0.25, -0.2) is 4.99 Å². The van der Waals surface area contributed by atoms with Crippen LogP contribution < -0.4 is 5.32 Å². The van der Waals surface area contributed by atoms with Gasteiger partial charge in [0.15, 0.2) is 6.40 Å². The highest BCUT2D eigenvalue weighted by atomic mass is 16.5. The van der Waals surface area contributed by atoms with Crippen LogP contribution in [0.5, 0.6) is 0 Å². The summed E-state index contributed by atoms with van der Waals surface area (Å²) in [5, 5.41) is 2.87. The van der Waals surface area contributed by atoms with Crippen LogP contribution in [0.4, 0.5) is 0 Å². The molecule has 0 spiro atoms. The molecule has 1 N–H and O–H groups in total. The highest BCUT2D eigenvalue weighted by Gasteiger charge is 1.76. The van der Waals surface area contributed by atoms with E-state index in [1.165, 1.54) is 6.40 Å². The van der Waals surface area contributed by atoms with Gasteiger partial charge in [-0.1, -0.05) is 0 Å². The number of rotatable bonds is 4. The molecule has 0 radical (unpaired) electrons. The molecule has 0 fully saturated rings. The van der Waals surface area contributed by atoms with Gasteiger partial charge in [0.25, 0.3) is 0 Å². The molecule has 0 rings (SSSR count). The number of nitrogens with one attached hydrogen (secondary N) is 1. The quantitative estimate of drug-likeness (QED) is 0.376. The predicted molar refractivity (Wildman–Crippen MR) is 47.5 cm³/mol. The van der Waals surface area contributed by atoms with E-state index in [1.807, 2.05) is 32.3 Å². The molecule has 62 valence electrons. The summed E-state index contributed by atoms with van der Waals surface area (Å²) in [6, 6.07) is 0. The molecular weight excluding hydrogens is 140 g/mol. The molecule has 0 aromatic heterocycles. The fraction of sp³-hybridized carbons (Fsp3) is 0.375. The lowest BCUT2D eigenvalue weighted by Gasteiger charge is -1.88. The van der Waals surface area contributed by atoms with Crippen molar-refractivity contribution in [1.29, 1.82) is 0 Å². The molecule has 0 aliphatic heterocycles. The molecule has 0 aromatic rings. The molecule has 3 heteroatoms. The van der Waals surface area contributed by atoms with E-state index >= 15 is 0 Å². The van der Waals surface area contributed by atoms with E-state index in [0.29, 0.717) is 0 Å². The van der Waals surface area contributed by atoms with Crippen LogP contribution in [0.3, 0.4) is 0 Å². The number of hydrogen-bond donors (Lipinski definition) is 1. The van der Waals surface area contributed by atoms with E-state index in [1.54, 1.807) is 7.11 Å². The van der Waals surface area contributed by atoms with Crippen molar-refractivity contribution in [2.24, 2.45) is 4.99 Å². The molecule has 0 bridgehead atoms. The monoisotopic (exact) mass is 154 g/mol. The highest BCUT2D eigenvalue weighted by molar-refractivity contribution is 5.48. The Morgan fingerprint density at radius 1 is 1.55 bits per heavy atom. The average Bonchev–Trinajstić information content (AvgIpc) is 2.01. The van der Waals surface area contributed by atoms with E-state index in [-0.39, 0.29) is 0 Å². The zero-order valence-corrected chi connectivity index (χ0v) is 7.16. The van der Waals surface area contributed by atoms with Gasteiger partial charge < -0.3 is 10.1 Å².